The Kier molecular flexibility index (Phi) is 5.60. The SMILES string of the molecule is COCC(=O)N1CCCC(CCc2ccccc2C)C1. The Morgan fingerprint density at radius 1 is 1.40 bits per heavy atom. The van der Waals surface area contributed by atoms with Gasteiger partial charge in [-0.1, -0.05) is 24.3 Å². The number of hydrogen-bond donors (Lipinski definition) is 0. The van der Waals surface area contributed by atoms with E-state index in [-0.39, 0.29) is 12.5 Å². The van der Waals surface area contributed by atoms with Gasteiger partial charge < -0.3 is 9.64 Å². The van der Waals surface area contributed by atoms with Crippen LogP contribution in [-0.4, -0.2) is 37.6 Å². The van der Waals surface area contributed by atoms with Gasteiger partial charge in [0.25, 0.3) is 0 Å². The van der Waals surface area contributed by atoms with Crippen LogP contribution in [0.1, 0.15) is 30.4 Å². The number of piperidine rings is 1. The third-order valence-corrected chi connectivity index (χ3v) is 4.22. The van der Waals surface area contributed by atoms with Gasteiger partial charge in [-0.3, -0.25) is 4.79 Å². The van der Waals surface area contributed by atoms with E-state index in [9.17, 15) is 4.79 Å². The van der Waals surface area contributed by atoms with E-state index in [1.165, 1.54) is 24.0 Å². The zero-order valence-corrected chi connectivity index (χ0v) is 12.6. The van der Waals surface area contributed by atoms with Gasteiger partial charge in [-0.15, -0.1) is 0 Å². The molecule has 1 aromatic carbocycles. The van der Waals surface area contributed by atoms with Crippen LogP contribution in [0, 0.1) is 12.8 Å². The molecular weight excluding hydrogens is 250 g/mol. The number of ether oxygens (including phenoxy) is 1. The number of aryl methyl sites for hydroxylation is 2. The van der Waals surface area contributed by atoms with Crippen molar-refractivity contribution < 1.29 is 9.53 Å². The smallest absolute Gasteiger partial charge is 0.248 e. The van der Waals surface area contributed by atoms with Crippen molar-refractivity contribution in [1.29, 1.82) is 0 Å². The molecule has 0 aromatic heterocycles. The highest BCUT2D eigenvalue weighted by molar-refractivity contribution is 5.77. The monoisotopic (exact) mass is 275 g/mol. The molecule has 0 bridgehead atoms. The second kappa shape index (κ2) is 7.44. The van der Waals surface area contributed by atoms with Crippen LogP contribution in [0.3, 0.4) is 0 Å². The summed E-state index contributed by atoms with van der Waals surface area (Å²) < 4.78 is 4.95. The molecule has 0 spiro atoms. The van der Waals surface area contributed by atoms with Crippen LogP contribution in [0.2, 0.25) is 0 Å². The number of benzene rings is 1. The van der Waals surface area contributed by atoms with E-state index in [4.69, 9.17) is 4.74 Å². The Bertz CT molecular complexity index is 444. The number of hydrogen-bond acceptors (Lipinski definition) is 2. The molecule has 2 rings (SSSR count). The second-order valence-electron chi connectivity index (χ2n) is 5.75. The summed E-state index contributed by atoms with van der Waals surface area (Å²) in [5.74, 6) is 0.761. The summed E-state index contributed by atoms with van der Waals surface area (Å²) in [5.41, 5.74) is 2.81. The first-order valence-corrected chi connectivity index (χ1v) is 7.52. The predicted molar refractivity (Wildman–Crippen MR) is 80.7 cm³/mol. The lowest BCUT2D eigenvalue weighted by Gasteiger charge is -2.32. The number of carbonyl (C=O) groups excluding carboxylic acids is 1. The summed E-state index contributed by atoms with van der Waals surface area (Å²) in [6, 6.07) is 8.58. The molecule has 20 heavy (non-hydrogen) atoms. The van der Waals surface area contributed by atoms with E-state index in [0.717, 1.165) is 25.9 Å². The Labute approximate surface area is 121 Å². The van der Waals surface area contributed by atoms with Gasteiger partial charge >= 0.3 is 0 Å². The Hall–Kier alpha value is -1.35. The molecular formula is C17H25NO2. The van der Waals surface area contributed by atoms with Crippen LogP contribution in [0.15, 0.2) is 24.3 Å². The van der Waals surface area contributed by atoms with Gasteiger partial charge in [-0.2, -0.15) is 0 Å². The average Bonchev–Trinajstić information content (AvgIpc) is 2.47. The molecule has 0 saturated carbocycles. The van der Waals surface area contributed by atoms with Crippen molar-refractivity contribution in [1.82, 2.24) is 4.90 Å². The molecule has 1 heterocycles. The number of likely N-dealkylation sites (tertiary alicyclic amines) is 1. The Balaban J connectivity index is 1.84. The van der Waals surface area contributed by atoms with E-state index in [1.807, 2.05) is 4.90 Å². The first kappa shape index (κ1) is 15.0. The first-order chi connectivity index (χ1) is 9.70. The molecule has 110 valence electrons. The van der Waals surface area contributed by atoms with Crippen molar-refractivity contribution >= 4 is 5.91 Å². The highest BCUT2D eigenvalue weighted by atomic mass is 16.5. The molecule has 3 nitrogen and oxygen atoms in total. The van der Waals surface area contributed by atoms with Gasteiger partial charge in [0.05, 0.1) is 0 Å². The lowest BCUT2D eigenvalue weighted by molar-refractivity contribution is -0.137. The minimum absolute atomic E-state index is 0.132. The molecule has 0 radical (unpaired) electrons. The number of carbonyl (C=O) groups is 1. The number of nitrogens with zero attached hydrogens (tertiary/aromatic N) is 1. The van der Waals surface area contributed by atoms with E-state index >= 15 is 0 Å². The van der Waals surface area contributed by atoms with Gasteiger partial charge in [0, 0.05) is 20.2 Å². The summed E-state index contributed by atoms with van der Waals surface area (Å²) >= 11 is 0. The summed E-state index contributed by atoms with van der Waals surface area (Å²) in [5, 5.41) is 0. The second-order valence-corrected chi connectivity index (χ2v) is 5.75. The maximum atomic E-state index is 11.9. The molecule has 0 aliphatic carbocycles. The number of rotatable bonds is 5. The van der Waals surface area contributed by atoms with Gasteiger partial charge in [-0.25, -0.2) is 0 Å². The van der Waals surface area contributed by atoms with Gasteiger partial charge in [0.1, 0.15) is 6.61 Å². The maximum Gasteiger partial charge on any atom is 0.248 e. The van der Waals surface area contributed by atoms with E-state index in [2.05, 4.69) is 31.2 Å². The summed E-state index contributed by atoms with van der Waals surface area (Å²) in [6.07, 6.45) is 4.64. The van der Waals surface area contributed by atoms with Gasteiger partial charge in [0.2, 0.25) is 5.91 Å². The topological polar surface area (TPSA) is 29.5 Å². The minimum atomic E-state index is 0.132. The fourth-order valence-electron chi connectivity index (χ4n) is 2.99. The van der Waals surface area contributed by atoms with Crippen LogP contribution < -0.4 is 0 Å². The van der Waals surface area contributed by atoms with Crippen molar-refractivity contribution in [2.75, 3.05) is 26.8 Å². The third kappa shape index (κ3) is 4.07. The zero-order chi connectivity index (χ0) is 14.4. The van der Waals surface area contributed by atoms with E-state index < -0.39 is 0 Å². The fraction of sp³-hybridized carbons (Fsp3) is 0.588. The summed E-state index contributed by atoms with van der Waals surface area (Å²) in [4.78, 5) is 13.8. The van der Waals surface area contributed by atoms with Crippen LogP contribution in [-0.2, 0) is 16.0 Å². The van der Waals surface area contributed by atoms with Crippen LogP contribution in [0.5, 0.6) is 0 Å². The Morgan fingerprint density at radius 2 is 2.20 bits per heavy atom. The minimum Gasteiger partial charge on any atom is -0.375 e. The van der Waals surface area contributed by atoms with Crippen LogP contribution in [0.4, 0.5) is 0 Å². The molecule has 1 amide bonds. The van der Waals surface area contributed by atoms with Gasteiger partial charge in [-0.05, 0) is 49.7 Å². The number of amides is 1. The van der Waals surface area contributed by atoms with Crippen molar-refractivity contribution in [3.63, 3.8) is 0 Å². The molecule has 1 aromatic rings. The zero-order valence-electron chi connectivity index (χ0n) is 12.6. The van der Waals surface area contributed by atoms with Crippen LogP contribution in [0.25, 0.3) is 0 Å². The van der Waals surface area contributed by atoms with Crippen molar-refractivity contribution in [2.24, 2.45) is 5.92 Å². The summed E-state index contributed by atoms with van der Waals surface area (Å²) in [7, 11) is 1.58. The Morgan fingerprint density at radius 3 is 2.95 bits per heavy atom. The average molecular weight is 275 g/mol. The molecule has 1 fully saturated rings. The molecule has 0 N–H and O–H groups in total. The van der Waals surface area contributed by atoms with Crippen molar-refractivity contribution in [3.05, 3.63) is 35.4 Å². The standard InChI is InChI=1S/C17H25NO2/c1-14-6-3-4-8-16(14)10-9-15-7-5-11-18(12-15)17(19)13-20-2/h3-4,6,8,15H,5,7,9-13H2,1-2H3. The molecule has 1 saturated heterocycles. The van der Waals surface area contributed by atoms with E-state index in [0.29, 0.717) is 5.92 Å². The number of methoxy groups -OCH3 is 1. The fourth-order valence-corrected chi connectivity index (χ4v) is 2.99. The third-order valence-electron chi connectivity index (χ3n) is 4.22. The molecule has 1 unspecified atom stereocenters. The normalized spacial score (nSPS) is 19.1. The highest BCUT2D eigenvalue weighted by Crippen LogP contribution is 2.22. The largest absolute Gasteiger partial charge is 0.375 e. The molecule has 1 atom stereocenters. The lowest BCUT2D eigenvalue weighted by atomic mass is 9.90. The predicted octanol–water partition coefficient (Wildman–Crippen LogP) is 2.81. The quantitative estimate of drug-likeness (QED) is 0.827. The highest BCUT2D eigenvalue weighted by Gasteiger charge is 2.23. The lowest BCUT2D eigenvalue weighted by Crippen LogP contribution is -2.41. The van der Waals surface area contributed by atoms with Gasteiger partial charge in [0.15, 0.2) is 0 Å². The molecule has 3 heteroatoms. The molecule has 1 aliphatic rings. The van der Waals surface area contributed by atoms with Crippen LogP contribution >= 0.6 is 0 Å². The van der Waals surface area contributed by atoms with Crippen molar-refractivity contribution in [2.45, 2.75) is 32.6 Å². The van der Waals surface area contributed by atoms with E-state index in [1.54, 1.807) is 7.11 Å². The maximum absolute atomic E-state index is 11.9. The van der Waals surface area contributed by atoms with Crippen molar-refractivity contribution in [3.8, 4) is 0 Å². The first-order valence-electron chi connectivity index (χ1n) is 7.52. The summed E-state index contributed by atoms with van der Waals surface area (Å²) in [6.45, 7) is 4.17. The molecule has 1 aliphatic heterocycles.